The summed E-state index contributed by atoms with van der Waals surface area (Å²) in [6, 6.07) is 4.81. The van der Waals surface area contributed by atoms with E-state index < -0.39 is 4.92 Å². The van der Waals surface area contributed by atoms with Crippen LogP contribution in [0, 0.1) is 10.1 Å². The third kappa shape index (κ3) is 2.45. The summed E-state index contributed by atoms with van der Waals surface area (Å²) in [5, 5.41) is 27.1. The van der Waals surface area contributed by atoms with Crippen LogP contribution in [0.5, 0.6) is 0 Å². The molecule has 0 saturated heterocycles. The number of nitro groups is 1. The van der Waals surface area contributed by atoms with Crippen molar-refractivity contribution >= 4 is 43.7 Å². The van der Waals surface area contributed by atoms with Gasteiger partial charge < -0.3 is 0 Å². The van der Waals surface area contributed by atoms with E-state index in [1.165, 1.54) is 6.07 Å². The molecule has 0 atom stereocenters. The third-order valence-corrected chi connectivity index (χ3v) is 4.74. The molecule has 0 spiro atoms. The quantitative estimate of drug-likeness (QED) is 0.347. The summed E-state index contributed by atoms with van der Waals surface area (Å²) < 4.78 is 10.3. The molecule has 0 unspecified atom stereocenters. The summed E-state index contributed by atoms with van der Waals surface area (Å²) in [7, 11) is 0. The molecule has 0 bridgehead atoms. The third-order valence-electron chi connectivity index (χ3n) is 4.14. The first-order chi connectivity index (χ1) is 12.3. The van der Waals surface area contributed by atoms with Crippen LogP contribution in [-0.2, 0) is 5.41 Å². The maximum atomic E-state index is 11.7. The van der Waals surface area contributed by atoms with Crippen LogP contribution in [0.25, 0.3) is 33.2 Å². The molecule has 4 rings (SSSR count). The summed E-state index contributed by atoms with van der Waals surface area (Å²) in [4.78, 5) is 11.3. The minimum atomic E-state index is -0.461. The summed E-state index contributed by atoms with van der Waals surface area (Å²) in [6.07, 6.45) is 0. The number of benzene rings is 2. The Morgan fingerprint density at radius 1 is 1.00 bits per heavy atom. The number of rotatable bonds is 2. The monoisotopic (exact) mass is 417 g/mol. The van der Waals surface area contributed by atoms with Gasteiger partial charge in [-0.25, -0.2) is 9.26 Å². The average Bonchev–Trinajstić information content (AvgIpc) is 3.21. The Labute approximate surface area is 154 Å². The zero-order chi connectivity index (χ0) is 18.6. The number of nitrogens with zero attached hydrogens (tertiary/aromatic N) is 5. The molecule has 0 aliphatic heterocycles. The van der Waals surface area contributed by atoms with E-state index in [4.69, 9.17) is 9.26 Å². The predicted molar refractivity (Wildman–Crippen MR) is 95.7 cm³/mol. The second-order valence-electron chi connectivity index (χ2n) is 6.87. The van der Waals surface area contributed by atoms with Gasteiger partial charge in [0.05, 0.1) is 10.5 Å². The van der Waals surface area contributed by atoms with Crippen LogP contribution in [0.1, 0.15) is 26.3 Å². The van der Waals surface area contributed by atoms with Gasteiger partial charge >= 0.3 is 0 Å². The minimum Gasteiger partial charge on any atom is -0.258 e. The van der Waals surface area contributed by atoms with Gasteiger partial charge in [-0.05, 0) is 59.7 Å². The van der Waals surface area contributed by atoms with Gasteiger partial charge in [-0.2, -0.15) is 0 Å². The predicted octanol–water partition coefficient (Wildman–Crippen LogP) is 4.39. The first kappa shape index (κ1) is 16.6. The second-order valence-corrected chi connectivity index (χ2v) is 7.73. The van der Waals surface area contributed by atoms with Crippen molar-refractivity contribution in [3.8, 4) is 11.1 Å². The van der Waals surface area contributed by atoms with Crippen molar-refractivity contribution in [2.45, 2.75) is 26.2 Å². The van der Waals surface area contributed by atoms with Crippen molar-refractivity contribution in [2.24, 2.45) is 0 Å². The fourth-order valence-electron chi connectivity index (χ4n) is 2.94. The molecule has 10 heteroatoms. The smallest absolute Gasteiger partial charge is 0.258 e. The lowest BCUT2D eigenvalue weighted by Crippen LogP contribution is -2.13. The molecule has 2 aromatic carbocycles. The van der Waals surface area contributed by atoms with Crippen molar-refractivity contribution in [1.29, 1.82) is 0 Å². The summed E-state index contributed by atoms with van der Waals surface area (Å²) in [5.41, 5.74) is 2.99. The van der Waals surface area contributed by atoms with Crippen LogP contribution in [0.4, 0.5) is 5.69 Å². The molecule has 2 aromatic heterocycles. The highest BCUT2D eigenvalue weighted by atomic mass is 79.9. The lowest BCUT2D eigenvalue weighted by molar-refractivity contribution is -0.384. The van der Waals surface area contributed by atoms with Crippen LogP contribution in [0.2, 0.25) is 0 Å². The maximum Gasteiger partial charge on any atom is 0.279 e. The van der Waals surface area contributed by atoms with Crippen molar-refractivity contribution in [1.82, 2.24) is 20.6 Å². The molecule has 0 radical (unpaired) electrons. The van der Waals surface area contributed by atoms with Crippen LogP contribution < -0.4 is 0 Å². The first-order valence-corrected chi connectivity index (χ1v) is 8.43. The summed E-state index contributed by atoms with van der Waals surface area (Å²) >= 11 is 3.47. The minimum absolute atomic E-state index is 0.120. The molecule has 0 amide bonds. The van der Waals surface area contributed by atoms with Crippen LogP contribution in [0.15, 0.2) is 31.9 Å². The van der Waals surface area contributed by atoms with Gasteiger partial charge in [0, 0.05) is 16.1 Å². The molecular weight excluding hydrogens is 406 g/mol. The molecule has 4 aromatic rings. The fraction of sp³-hybridized carbons (Fsp3) is 0.250. The Kier molecular flexibility index (Phi) is 3.55. The molecule has 26 heavy (non-hydrogen) atoms. The van der Waals surface area contributed by atoms with Crippen LogP contribution in [0.3, 0.4) is 0 Å². The molecule has 132 valence electrons. The summed E-state index contributed by atoms with van der Waals surface area (Å²) in [6.45, 7) is 6.04. The van der Waals surface area contributed by atoms with E-state index in [1.54, 1.807) is 6.07 Å². The van der Waals surface area contributed by atoms with E-state index in [1.807, 2.05) is 26.8 Å². The Morgan fingerprint density at radius 2 is 1.62 bits per heavy atom. The molecule has 0 fully saturated rings. The van der Waals surface area contributed by atoms with Crippen molar-refractivity contribution < 1.29 is 14.2 Å². The number of hydrogen-bond donors (Lipinski definition) is 0. The Bertz CT molecular complexity index is 1170. The van der Waals surface area contributed by atoms with Gasteiger partial charge in [0.25, 0.3) is 5.69 Å². The highest BCUT2D eigenvalue weighted by molar-refractivity contribution is 9.10. The largest absolute Gasteiger partial charge is 0.279 e. The molecular formula is C16H12BrN5O4. The maximum absolute atomic E-state index is 11.7. The Balaban J connectivity index is 2.19. The SMILES string of the molecule is CC(C)(C)c1cc(Br)c2nonc2c1-c1cc2nonc2cc1[N+](=O)[O-]. The van der Waals surface area contributed by atoms with Crippen molar-refractivity contribution in [2.75, 3.05) is 0 Å². The normalized spacial score (nSPS) is 12.2. The van der Waals surface area contributed by atoms with E-state index in [0.29, 0.717) is 37.7 Å². The first-order valence-electron chi connectivity index (χ1n) is 7.63. The lowest BCUT2D eigenvalue weighted by Gasteiger charge is -2.23. The van der Waals surface area contributed by atoms with Gasteiger partial charge in [-0.15, -0.1) is 0 Å². The number of halogens is 1. The Morgan fingerprint density at radius 3 is 2.27 bits per heavy atom. The molecule has 0 aliphatic carbocycles. The fourth-order valence-corrected chi connectivity index (χ4v) is 3.43. The van der Waals surface area contributed by atoms with Crippen molar-refractivity contribution in [3.63, 3.8) is 0 Å². The van der Waals surface area contributed by atoms with Gasteiger partial charge in [0.15, 0.2) is 0 Å². The molecule has 0 aliphatic rings. The zero-order valence-corrected chi connectivity index (χ0v) is 15.6. The highest BCUT2D eigenvalue weighted by Gasteiger charge is 2.30. The average molecular weight is 418 g/mol. The molecule has 0 N–H and O–H groups in total. The standard InChI is InChI=1S/C16H12BrN5O4/c1-16(2,3)8-5-9(17)14-15(21-26-20-14)13(8)7-4-10-11(19-25-18-10)6-12(7)22(23)24/h4-6H,1-3H3. The van der Waals surface area contributed by atoms with Gasteiger partial charge in [-0.1, -0.05) is 20.8 Å². The van der Waals surface area contributed by atoms with E-state index in [9.17, 15) is 10.1 Å². The Hall–Kier alpha value is -2.88. The zero-order valence-electron chi connectivity index (χ0n) is 14.0. The molecule has 2 heterocycles. The summed E-state index contributed by atoms with van der Waals surface area (Å²) in [5.74, 6) is 0. The van der Waals surface area contributed by atoms with Gasteiger partial charge in [0.2, 0.25) is 0 Å². The molecule has 9 nitrogen and oxygen atoms in total. The van der Waals surface area contributed by atoms with Gasteiger partial charge in [0.1, 0.15) is 22.1 Å². The van der Waals surface area contributed by atoms with E-state index in [2.05, 4.69) is 36.6 Å². The van der Waals surface area contributed by atoms with E-state index in [0.717, 1.165) is 5.56 Å². The lowest BCUT2D eigenvalue weighted by atomic mass is 9.81. The van der Waals surface area contributed by atoms with Gasteiger partial charge in [-0.3, -0.25) is 10.1 Å². The molecule has 0 saturated carbocycles. The van der Waals surface area contributed by atoms with E-state index >= 15 is 0 Å². The van der Waals surface area contributed by atoms with Crippen LogP contribution >= 0.6 is 15.9 Å². The highest BCUT2D eigenvalue weighted by Crippen LogP contribution is 2.44. The number of hydrogen-bond acceptors (Lipinski definition) is 8. The number of fused-ring (bicyclic) bond motifs is 2. The van der Waals surface area contributed by atoms with Crippen molar-refractivity contribution in [3.05, 3.63) is 38.3 Å². The van der Waals surface area contributed by atoms with E-state index in [-0.39, 0.29) is 11.1 Å². The topological polar surface area (TPSA) is 121 Å². The number of aromatic nitrogens is 4. The number of nitro benzene ring substituents is 1. The second kappa shape index (κ2) is 5.56. The van der Waals surface area contributed by atoms with Crippen LogP contribution in [-0.4, -0.2) is 25.5 Å².